The Morgan fingerprint density at radius 1 is 1.08 bits per heavy atom. The summed E-state index contributed by atoms with van der Waals surface area (Å²) in [5.41, 5.74) is 8.57. The number of aromatic nitrogens is 2. The highest BCUT2D eigenvalue weighted by Gasteiger charge is 2.40. The van der Waals surface area contributed by atoms with Gasteiger partial charge in [0.25, 0.3) is 0 Å². The van der Waals surface area contributed by atoms with E-state index in [1.807, 2.05) is 12.4 Å². The van der Waals surface area contributed by atoms with Crippen LogP contribution in [0.4, 0.5) is 0 Å². The summed E-state index contributed by atoms with van der Waals surface area (Å²) in [7, 11) is 2.32. The molecule has 2 aliphatic heterocycles. The monoisotopic (exact) mass is 345 g/mol. The van der Waals surface area contributed by atoms with E-state index in [0.29, 0.717) is 6.04 Å². The summed E-state index contributed by atoms with van der Waals surface area (Å²) in [6.45, 7) is 5.38. The van der Waals surface area contributed by atoms with Crippen molar-refractivity contribution in [3.8, 4) is 0 Å². The van der Waals surface area contributed by atoms with E-state index in [4.69, 9.17) is 0 Å². The highest BCUT2D eigenvalue weighted by atomic mass is 15.2. The zero-order valence-electron chi connectivity index (χ0n) is 16.0. The highest BCUT2D eigenvalue weighted by Crippen LogP contribution is 2.46. The lowest BCUT2D eigenvalue weighted by Crippen LogP contribution is -2.34. The number of hydrogen-bond donors (Lipinski definition) is 0. The van der Waals surface area contributed by atoms with Gasteiger partial charge < -0.3 is 4.57 Å². The van der Waals surface area contributed by atoms with Crippen molar-refractivity contribution in [1.29, 1.82) is 0 Å². The summed E-state index contributed by atoms with van der Waals surface area (Å²) in [4.78, 5) is 7.00. The molecule has 1 aromatic carbocycles. The van der Waals surface area contributed by atoms with E-state index in [2.05, 4.69) is 59.6 Å². The van der Waals surface area contributed by atoms with Crippen molar-refractivity contribution >= 4 is 10.9 Å². The average molecular weight is 345 g/mol. The maximum absolute atomic E-state index is 4.37. The molecular formula is C23H27N3. The Kier molecular flexibility index (Phi) is 3.68. The molecule has 5 rings (SSSR count). The predicted molar refractivity (Wildman–Crippen MR) is 107 cm³/mol. The number of nitrogens with zero attached hydrogens (tertiary/aromatic N) is 3. The molecule has 1 fully saturated rings. The van der Waals surface area contributed by atoms with Crippen molar-refractivity contribution in [2.45, 2.75) is 58.2 Å². The molecule has 134 valence electrons. The first-order valence-electron chi connectivity index (χ1n) is 9.86. The Bertz CT molecular complexity index is 985. The fraction of sp³-hybridized carbons (Fsp3) is 0.435. The van der Waals surface area contributed by atoms with Gasteiger partial charge in [0.05, 0.1) is 0 Å². The van der Waals surface area contributed by atoms with Crippen LogP contribution in [0.15, 0.2) is 36.7 Å². The maximum atomic E-state index is 4.37. The lowest BCUT2D eigenvalue weighted by molar-refractivity contribution is 0.222. The molecule has 2 aromatic heterocycles. The second-order valence-corrected chi connectivity index (χ2v) is 8.27. The summed E-state index contributed by atoms with van der Waals surface area (Å²) in [6, 6.07) is 10.6. The first kappa shape index (κ1) is 16.1. The number of fused-ring (bicyclic) bond motifs is 6. The number of likely N-dealkylation sites (N-methyl/N-ethyl adjacent to an activating group) is 1. The van der Waals surface area contributed by atoms with Crippen LogP contribution in [-0.4, -0.2) is 27.5 Å². The summed E-state index contributed by atoms with van der Waals surface area (Å²) in [5, 5.41) is 1.49. The van der Waals surface area contributed by atoms with Crippen LogP contribution in [0.5, 0.6) is 0 Å². The minimum absolute atomic E-state index is 0.606. The molecule has 2 unspecified atom stereocenters. The molecule has 0 radical (unpaired) electrons. The Morgan fingerprint density at radius 2 is 1.96 bits per heavy atom. The fourth-order valence-electron chi connectivity index (χ4n) is 5.22. The molecule has 0 N–H and O–H groups in total. The first-order valence-corrected chi connectivity index (χ1v) is 9.86. The van der Waals surface area contributed by atoms with Crippen LogP contribution >= 0.6 is 0 Å². The van der Waals surface area contributed by atoms with Gasteiger partial charge in [0, 0.05) is 54.0 Å². The molecule has 0 aliphatic carbocycles. The van der Waals surface area contributed by atoms with Crippen LogP contribution in [0, 0.1) is 13.8 Å². The molecule has 0 amide bonds. The van der Waals surface area contributed by atoms with Crippen molar-refractivity contribution in [2.75, 3.05) is 7.05 Å². The van der Waals surface area contributed by atoms with Gasteiger partial charge in [-0.25, -0.2) is 0 Å². The number of rotatable bonds is 3. The smallest absolute Gasteiger partial charge is 0.0486 e. The van der Waals surface area contributed by atoms with E-state index in [1.54, 1.807) is 11.3 Å². The summed E-state index contributed by atoms with van der Waals surface area (Å²) in [6.07, 6.45) is 8.85. The third kappa shape index (κ3) is 2.41. The van der Waals surface area contributed by atoms with Gasteiger partial charge in [-0.1, -0.05) is 17.7 Å². The SMILES string of the molecule is Cc1cncc(CCn2c3c(c4cc(C)ccc42)C2CCC(C3)N2C)c1. The second-order valence-electron chi connectivity index (χ2n) is 8.27. The Balaban J connectivity index is 1.60. The molecule has 26 heavy (non-hydrogen) atoms. The van der Waals surface area contributed by atoms with Crippen molar-refractivity contribution < 1.29 is 0 Å². The zero-order chi connectivity index (χ0) is 17.8. The van der Waals surface area contributed by atoms with Gasteiger partial charge in [-0.2, -0.15) is 0 Å². The topological polar surface area (TPSA) is 21.1 Å². The molecule has 3 heteroatoms. The van der Waals surface area contributed by atoms with Gasteiger partial charge >= 0.3 is 0 Å². The van der Waals surface area contributed by atoms with E-state index >= 15 is 0 Å². The first-order chi connectivity index (χ1) is 12.6. The largest absolute Gasteiger partial charge is 0.344 e. The van der Waals surface area contributed by atoms with Gasteiger partial charge in [-0.3, -0.25) is 9.88 Å². The van der Waals surface area contributed by atoms with E-state index < -0.39 is 0 Å². The lowest BCUT2D eigenvalue weighted by atomic mass is 9.97. The molecule has 2 aliphatic rings. The number of hydrogen-bond acceptors (Lipinski definition) is 2. The number of aryl methyl sites for hydroxylation is 4. The normalized spacial score (nSPS) is 22.1. The van der Waals surface area contributed by atoms with Crippen molar-refractivity contribution in [3.63, 3.8) is 0 Å². The Hall–Kier alpha value is -2.13. The summed E-state index contributed by atoms with van der Waals surface area (Å²) >= 11 is 0. The zero-order valence-corrected chi connectivity index (χ0v) is 16.0. The van der Waals surface area contributed by atoms with E-state index in [1.165, 1.54) is 46.9 Å². The third-order valence-electron chi connectivity index (χ3n) is 6.53. The van der Waals surface area contributed by atoms with E-state index in [-0.39, 0.29) is 0 Å². The molecule has 2 atom stereocenters. The van der Waals surface area contributed by atoms with Gasteiger partial charge in [-0.05, 0) is 69.0 Å². The molecule has 0 saturated carbocycles. The van der Waals surface area contributed by atoms with Crippen molar-refractivity contribution in [2.24, 2.45) is 0 Å². The highest BCUT2D eigenvalue weighted by molar-refractivity contribution is 5.87. The Labute approximate surface area is 155 Å². The minimum Gasteiger partial charge on any atom is -0.344 e. The van der Waals surface area contributed by atoms with E-state index in [9.17, 15) is 0 Å². The molecule has 3 aromatic rings. The molecule has 0 spiro atoms. The second kappa shape index (κ2) is 5.95. The van der Waals surface area contributed by atoms with Crippen LogP contribution in [0.25, 0.3) is 10.9 Å². The standard InChI is InChI=1S/C23H27N3/c1-15-4-6-20-19(11-15)23-21-7-5-18(25(21)3)12-22(23)26(20)9-8-17-10-16(2)13-24-14-17/h4,6,10-11,13-14,18,21H,5,7-9,12H2,1-3H3. The average Bonchev–Trinajstić information content (AvgIpc) is 3.03. The number of benzene rings is 1. The molecule has 3 nitrogen and oxygen atoms in total. The van der Waals surface area contributed by atoms with Crippen molar-refractivity contribution in [3.05, 3.63) is 64.6 Å². The fourth-order valence-corrected chi connectivity index (χ4v) is 5.22. The summed E-state index contributed by atoms with van der Waals surface area (Å²) in [5.74, 6) is 0. The van der Waals surface area contributed by atoms with Crippen LogP contribution in [0.2, 0.25) is 0 Å². The molecule has 1 saturated heterocycles. The van der Waals surface area contributed by atoms with Gasteiger partial charge in [0.1, 0.15) is 0 Å². The van der Waals surface area contributed by atoms with Crippen LogP contribution in [0.1, 0.15) is 46.8 Å². The quantitative estimate of drug-likeness (QED) is 0.692. The third-order valence-corrected chi connectivity index (χ3v) is 6.53. The number of pyridine rings is 1. The van der Waals surface area contributed by atoms with E-state index in [0.717, 1.165) is 19.0 Å². The van der Waals surface area contributed by atoms with Crippen LogP contribution < -0.4 is 0 Å². The van der Waals surface area contributed by atoms with Gasteiger partial charge in [-0.15, -0.1) is 0 Å². The van der Waals surface area contributed by atoms with Crippen LogP contribution in [-0.2, 0) is 19.4 Å². The van der Waals surface area contributed by atoms with Crippen LogP contribution in [0.3, 0.4) is 0 Å². The summed E-state index contributed by atoms with van der Waals surface area (Å²) < 4.78 is 2.62. The van der Waals surface area contributed by atoms with Gasteiger partial charge in [0.2, 0.25) is 0 Å². The Morgan fingerprint density at radius 3 is 2.81 bits per heavy atom. The maximum Gasteiger partial charge on any atom is 0.0486 e. The predicted octanol–water partition coefficient (Wildman–Crippen LogP) is 4.59. The van der Waals surface area contributed by atoms with Gasteiger partial charge in [0.15, 0.2) is 0 Å². The molecular weight excluding hydrogens is 318 g/mol. The minimum atomic E-state index is 0.606. The molecule has 2 bridgehead atoms. The molecule has 4 heterocycles. The lowest BCUT2D eigenvalue weighted by Gasteiger charge is -2.32. The van der Waals surface area contributed by atoms with Crippen molar-refractivity contribution in [1.82, 2.24) is 14.5 Å².